The standard InChI is InChI=1S/C17H16N2O4S/c1-13(2)17(20)19-14-8-10-16(11-9-14)24-23-22-18-12-21-15-6-4-3-5-7-15/h3-12H,1H2,2H3,(H,19,20). The van der Waals surface area contributed by atoms with Crippen molar-refractivity contribution in [1.82, 2.24) is 0 Å². The van der Waals surface area contributed by atoms with E-state index in [2.05, 4.69) is 22.0 Å². The van der Waals surface area contributed by atoms with Crippen LogP contribution in [-0.4, -0.2) is 12.3 Å². The summed E-state index contributed by atoms with van der Waals surface area (Å²) >= 11 is 0.979. The second-order valence-electron chi connectivity index (χ2n) is 4.63. The Hall–Kier alpha value is -2.77. The molecule has 0 unspecified atom stereocenters. The fourth-order valence-corrected chi connectivity index (χ4v) is 1.89. The van der Waals surface area contributed by atoms with E-state index in [1.807, 2.05) is 18.2 Å². The molecule has 1 amide bonds. The van der Waals surface area contributed by atoms with Crippen LogP contribution in [0.15, 0.2) is 76.8 Å². The van der Waals surface area contributed by atoms with E-state index in [9.17, 15) is 4.79 Å². The Kier molecular flexibility index (Phi) is 6.88. The van der Waals surface area contributed by atoms with E-state index in [1.165, 1.54) is 0 Å². The van der Waals surface area contributed by atoms with Gasteiger partial charge in [-0.3, -0.25) is 4.79 Å². The van der Waals surface area contributed by atoms with Crippen LogP contribution in [0.5, 0.6) is 5.75 Å². The molecule has 0 radical (unpaired) electrons. The predicted octanol–water partition coefficient (Wildman–Crippen LogP) is 4.18. The second kappa shape index (κ2) is 9.39. The van der Waals surface area contributed by atoms with Crippen LogP contribution < -0.4 is 10.1 Å². The molecule has 7 heteroatoms. The number of hydrogen-bond acceptors (Lipinski definition) is 6. The van der Waals surface area contributed by atoms with Crippen LogP contribution >= 0.6 is 12.0 Å². The third-order valence-corrected chi connectivity index (χ3v) is 3.27. The number of carbonyl (C=O) groups is 1. The Bertz CT molecular complexity index is 702. The Balaban J connectivity index is 1.69. The van der Waals surface area contributed by atoms with Crippen molar-refractivity contribution in [2.45, 2.75) is 11.8 Å². The van der Waals surface area contributed by atoms with Crippen LogP contribution in [-0.2, 0) is 14.1 Å². The lowest BCUT2D eigenvalue weighted by molar-refractivity contribution is -0.191. The number of hydrogen-bond donors (Lipinski definition) is 1. The highest BCUT2D eigenvalue weighted by Crippen LogP contribution is 2.21. The number of para-hydroxylation sites is 1. The summed E-state index contributed by atoms with van der Waals surface area (Å²) in [6, 6.07) is 16.2. The predicted molar refractivity (Wildman–Crippen MR) is 93.5 cm³/mol. The number of amides is 1. The van der Waals surface area contributed by atoms with Crippen LogP contribution in [0, 0.1) is 0 Å². The first-order valence-corrected chi connectivity index (χ1v) is 7.70. The number of anilines is 1. The van der Waals surface area contributed by atoms with Crippen LogP contribution in [0.2, 0.25) is 0 Å². The number of nitrogens with zero attached hydrogens (tertiary/aromatic N) is 1. The quantitative estimate of drug-likeness (QED) is 0.148. The second-order valence-corrected chi connectivity index (χ2v) is 5.40. The summed E-state index contributed by atoms with van der Waals surface area (Å²) < 4.78 is 10.0. The molecule has 0 heterocycles. The van der Waals surface area contributed by atoms with E-state index in [1.54, 1.807) is 43.3 Å². The molecule has 2 aromatic carbocycles. The van der Waals surface area contributed by atoms with E-state index in [0.29, 0.717) is 17.0 Å². The lowest BCUT2D eigenvalue weighted by Crippen LogP contribution is -2.11. The highest BCUT2D eigenvalue weighted by Gasteiger charge is 2.03. The number of nitrogens with one attached hydrogen (secondary N) is 1. The van der Waals surface area contributed by atoms with Crippen molar-refractivity contribution in [2.24, 2.45) is 5.16 Å². The molecule has 6 nitrogen and oxygen atoms in total. The highest BCUT2D eigenvalue weighted by molar-refractivity contribution is 7.94. The van der Waals surface area contributed by atoms with Gasteiger partial charge in [-0.1, -0.05) is 29.1 Å². The Morgan fingerprint density at radius 1 is 1.17 bits per heavy atom. The van der Waals surface area contributed by atoms with Gasteiger partial charge in [-0.15, -0.1) is 0 Å². The number of oxime groups is 1. The maximum atomic E-state index is 11.5. The Morgan fingerprint density at radius 2 is 1.88 bits per heavy atom. The van der Waals surface area contributed by atoms with Gasteiger partial charge in [0.05, 0.1) is 12.0 Å². The summed E-state index contributed by atoms with van der Waals surface area (Å²) in [7, 11) is 0. The summed E-state index contributed by atoms with van der Waals surface area (Å²) in [5.41, 5.74) is 1.11. The topological polar surface area (TPSA) is 69.2 Å². The highest BCUT2D eigenvalue weighted by atomic mass is 32.2. The molecule has 0 saturated carbocycles. The minimum Gasteiger partial charge on any atom is -0.442 e. The summed E-state index contributed by atoms with van der Waals surface area (Å²) in [6.07, 6.45) is 1.13. The first-order chi connectivity index (χ1) is 11.6. The van der Waals surface area contributed by atoms with Crippen LogP contribution in [0.25, 0.3) is 0 Å². The lowest BCUT2D eigenvalue weighted by Gasteiger charge is -2.05. The molecule has 0 saturated heterocycles. The van der Waals surface area contributed by atoms with Gasteiger partial charge in [-0.2, -0.15) is 0 Å². The van der Waals surface area contributed by atoms with Crippen LogP contribution in [0.3, 0.4) is 0 Å². The van der Waals surface area contributed by atoms with Crippen molar-refractivity contribution in [2.75, 3.05) is 5.32 Å². The zero-order chi connectivity index (χ0) is 17.2. The van der Waals surface area contributed by atoms with Gasteiger partial charge in [-0.05, 0) is 48.5 Å². The maximum absolute atomic E-state index is 11.5. The minimum atomic E-state index is -0.220. The minimum absolute atomic E-state index is 0.220. The summed E-state index contributed by atoms with van der Waals surface area (Å²) in [6.45, 7) is 5.22. The monoisotopic (exact) mass is 344 g/mol. The first kappa shape index (κ1) is 17.6. The average molecular weight is 344 g/mol. The van der Waals surface area contributed by atoms with Gasteiger partial charge in [0.2, 0.25) is 6.40 Å². The molecular weight excluding hydrogens is 328 g/mol. The molecule has 0 aliphatic rings. The van der Waals surface area contributed by atoms with E-state index in [0.717, 1.165) is 23.3 Å². The van der Waals surface area contributed by atoms with E-state index < -0.39 is 0 Å². The number of benzene rings is 2. The Labute approximate surface area is 144 Å². The molecule has 0 spiro atoms. The normalized spacial score (nSPS) is 10.4. The van der Waals surface area contributed by atoms with Crippen molar-refractivity contribution in [1.29, 1.82) is 0 Å². The third-order valence-electron chi connectivity index (χ3n) is 2.68. The molecule has 0 fully saturated rings. The molecule has 0 aliphatic heterocycles. The first-order valence-electron chi connectivity index (χ1n) is 6.96. The van der Waals surface area contributed by atoms with Crippen molar-refractivity contribution >= 4 is 30.0 Å². The smallest absolute Gasteiger partial charge is 0.250 e. The van der Waals surface area contributed by atoms with Gasteiger partial charge < -0.3 is 10.1 Å². The van der Waals surface area contributed by atoms with E-state index in [-0.39, 0.29) is 5.91 Å². The lowest BCUT2D eigenvalue weighted by atomic mass is 10.3. The summed E-state index contributed by atoms with van der Waals surface area (Å²) in [4.78, 5) is 16.9. The van der Waals surface area contributed by atoms with Crippen molar-refractivity contribution in [3.05, 3.63) is 66.7 Å². The van der Waals surface area contributed by atoms with Gasteiger partial charge in [0.25, 0.3) is 5.91 Å². The number of rotatable bonds is 8. The van der Waals surface area contributed by atoms with Gasteiger partial charge in [0.1, 0.15) is 5.75 Å². The number of carbonyl (C=O) groups excluding carboxylic acids is 1. The van der Waals surface area contributed by atoms with Gasteiger partial charge in [0.15, 0.2) is 0 Å². The average Bonchev–Trinajstić information content (AvgIpc) is 2.60. The molecule has 2 aromatic rings. The zero-order valence-electron chi connectivity index (χ0n) is 13.0. The zero-order valence-corrected chi connectivity index (χ0v) is 13.8. The fourth-order valence-electron chi connectivity index (χ4n) is 1.50. The van der Waals surface area contributed by atoms with Gasteiger partial charge in [-0.25, -0.2) is 4.99 Å². The van der Waals surface area contributed by atoms with Gasteiger partial charge in [0, 0.05) is 16.2 Å². The molecule has 0 bridgehead atoms. The number of ether oxygens (including phenoxy) is 1. The van der Waals surface area contributed by atoms with Crippen molar-refractivity contribution in [3.63, 3.8) is 0 Å². The van der Waals surface area contributed by atoms with Gasteiger partial charge >= 0.3 is 0 Å². The van der Waals surface area contributed by atoms with E-state index >= 15 is 0 Å². The molecule has 0 aromatic heterocycles. The molecular formula is C17H16N2O4S. The summed E-state index contributed by atoms with van der Waals surface area (Å²) in [5, 5.41) is 6.21. The molecule has 0 aliphatic carbocycles. The van der Waals surface area contributed by atoms with Crippen molar-refractivity contribution < 1.29 is 18.9 Å². The largest absolute Gasteiger partial charge is 0.442 e. The van der Waals surface area contributed by atoms with E-state index in [4.69, 9.17) is 9.07 Å². The summed E-state index contributed by atoms with van der Waals surface area (Å²) in [5.74, 6) is 0.424. The van der Waals surface area contributed by atoms with Crippen molar-refractivity contribution in [3.8, 4) is 5.75 Å². The fraction of sp³-hybridized carbons (Fsp3) is 0.0588. The molecule has 0 atom stereocenters. The van der Waals surface area contributed by atoms with Crippen LogP contribution in [0.1, 0.15) is 6.92 Å². The molecule has 24 heavy (non-hydrogen) atoms. The Morgan fingerprint density at radius 3 is 2.54 bits per heavy atom. The molecule has 2 rings (SSSR count). The maximum Gasteiger partial charge on any atom is 0.250 e. The molecule has 1 N–H and O–H groups in total. The van der Waals surface area contributed by atoms with Crippen LogP contribution in [0.4, 0.5) is 5.69 Å². The molecule has 124 valence electrons. The SMILES string of the molecule is C=C(C)C(=O)Nc1ccc(SOON=COc2ccccc2)cc1. The third kappa shape index (κ3) is 6.15.